The zero-order valence-corrected chi connectivity index (χ0v) is 18.3. The van der Waals surface area contributed by atoms with Gasteiger partial charge < -0.3 is 20.4 Å². The van der Waals surface area contributed by atoms with Gasteiger partial charge in [0.1, 0.15) is 0 Å². The van der Waals surface area contributed by atoms with E-state index in [0.29, 0.717) is 24.8 Å². The quantitative estimate of drug-likeness (QED) is 0.219. The number of nitrogens with zero attached hydrogens (tertiary/aromatic N) is 1. The number of aliphatic imine (C=N–C) groups is 1. The fraction of sp³-hybridized carbons (Fsp3) is 0.444. The lowest BCUT2D eigenvalue weighted by Crippen LogP contribution is -2.41. The van der Waals surface area contributed by atoms with E-state index in [1.807, 2.05) is 6.92 Å². The van der Waals surface area contributed by atoms with Crippen LogP contribution in [0.1, 0.15) is 29.3 Å². The molecule has 2 rings (SSSR count). The van der Waals surface area contributed by atoms with Crippen LogP contribution < -0.4 is 16.0 Å². The highest BCUT2D eigenvalue weighted by Crippen LogP contribution is 2.14. The Labute approximate surface area is 175 Å². The van der Waals surface area contributed by atoms with Gasteiger partial charge in [-0.25, -0.2) is 0 Å². The number of carbonyl (C=O) groups is 1. The second-order valence-electron chi connectivity index (χ2n) is 5.77. The normalized spacial score (nSPS) is 12.2. The van der Waals surface area contributed by atoms with E-state index in [2.05, 4.69) is 45.4 Å². The molecule has 0 spiro atoms. The number of carbonyl (C=O) groups excluding carboxylic acids is 1. The first kappa shape index (κ1) is 22.5. The molecule has 2 heterocycles. The maximum atomic E-state index is 11.8. The van der Waals surface area contributed by atoms with Crippen molar-refractivity contribution in [2.45, 2.75) is 20.3 Å². The molecule has 1 unspecified atom stereocenters. The average Bonchev–Trinajstić information content (AvgIpc) is 3.29. The first-order valence-corrected chi connectivity index (χ1v) is 9.43. The van der Waals surface area contributed by atoms with Crippen molar-refractivity contribution in [1.82, 2.24) is 16.0 Å². The number of rotatable bonds is 9. The lowest BCUT2D eigenvalue weighted by molar-refractivity contribution is 0.0926. The summed E-state index contributed by atoms with van der Waals surface area (Å²) in [5, 5.41) is 11.4. The Morgan fingerprint density at radius 2 is 2.04 bits per heavy atom. The van der Waals surface area contributed by atoms with E-state index in [1.54, 1.807) is 23.5 Å². The zero-order chi connectivity index (χ0) is 17.9. The Kier molecular flexibility index (Phi) is 11.0. The molecule has 3 N–H and O–H groups in total. The number of hydrogen-bond acceptors (Lipinski definition) is 4. The van der Waals surface area contributed by atoms with Crippen LogP contribution >= 0.6 is 35.3 Å². The molecular weight excluding hydrogens is 463 g/mol. The van der Waals surface area contributed by atoms with E-state index >= 15 is 0 Å². The van der Waals surface area contributed by atoms with Crippen molar-refractivity contribution in [3.05, 3.63) is 46.5 Å². The van der Waals surface area contributed by atoms with Gasteiger partial charge in [-0.1, -0.05) is 13.0 Å². The summed E-state index contributed by atoms with van der Waals surface area (Å²) in [6, 6.07) is 7.58. The van der Waals surface area contributed by atoms with Crippen LogP contribution in [0.5, 0.6) is 0 Å². The largest absolute Gasteiger partial charge is 0.459 e. The highest BCUT2D eigenvalue weighted by Gasteiger charge is 2.07. The van der Waals surface area contributed by atoms with Crippen LogP contribution in [0.2, 0.25) is 0 Å². The van der Waals surface area contributed by atoms with E-state index in [0.717, 1.165) is 25.5 Å². The Bertz CT molecular complexity index is 644. The first-order chi connectivity index (χ1) is 12.2. The van der Waals surface area contributed by atoms with Gasteiger partial charge in [-0.15, -0.1) is 35.3 Å². The minimum atomic E-state index is -0.210. The van der Waals surface area contributed by atoms with Crippen molar-refractivity contribution < 1.29 is 9.21 Å². The molecule has 2 aromatic heterocycles. The van der Waals surface area contributed by atoms with Crippen LogP contribution in [0, 0.1) is 5.92 Å². The first-order valence-electron chi connectivity index (χ1n) is 8.55. The number of furan rings is 1. The average molecular weight is 490 g/mol. The Morgan fingerprint density at radius 3 is 2.69 bits per heavy atom. The Balaban J connectivity index is 0.00000338. The summed E-state index contributed by atoms with van der Waals surface area (Å²) in [4.78, 5) is 17.8. The zero-order valence-electron chi connectivity index (χ0n) is 15.2. The van der Waals surface area contributed by atoms with Gasteiger partial charge in [-0.05, 0) is 42.8 Å². The fourth-order valence-corrected chi connectivity index (χ4v) is 3.15. The maximum absolute atomic E-state index is 11.8. The van der Waals surface area contributed by atoms with Crippen molar-refractivity contribution in [3.8, 4) is 0 Å². The predicted molar refractivity (Wildman–Crippen MR) is 118 cm³/mol. The van der Waals surface area contributed by atoms with E-state index in [1.165, 1.54) is 11.1 Å². The molecule has 0 aliphatic heterocycles. The van der Waals surface area contributed by atoms with E-state index in [4.69, 9.17) is 4.42 Å². The minimum Gasteiger partial charge on any atom is -0.459 e. The van der Waals surface area contributed by atoms with Crippen molar-refractivity contribution >= 4 is 47.2 Å². The van der Waals surface area contributed by atoms with Crippen molar-refractivity contribution in [3.63, 3.8) is 0 Å². The molecule has 0 saturated heterocycles. The van der Waals surface area contributed by atoms with Gasteiger partial charge in [0, 0.05) is 31.1 Å². The van der Waals surface area contributed by atoms with Gasteiger partial charge in [0.05, 0.1) is 6.26 Å². The molecule has 1 atom stereocenters. The van der Waals surface area contributed by atoms with Gasteiger partial charge in [0.2, 0.25) is 0 Å². The monoisotopic (exact) mass is 490 g/mol. The summed E-state index contributed by atoms with van der Waals surface area (Å²) in [7, 11) is 0. The lowest BCUT2D eigenvalue weighted by Gasteiger charge is -2.13. The molecule has 6 nitrogen and oxygen atoms in total. The predicted octanol–water partition coefficient (Wildman–Crippen LogP) is 3.12. The standard InChI is InChI=1S/C18H26N4O2S.HI/c1-3-19-18(22-13-14(2)12-15-6-5-11-25-15)21-9-8-20-17(23)16-7-4-10-24-16;/h4-7,10-11,14H,3,8-9,12-13H2,1-2H3,(H,20,23)(H2,19,21,22);1H. The van der Waals surface area contributed by atoms with Crippen LogP contribution in [0.4, 0.5) is 0 Å². The van der Waals surface area contributed by atoms with Crippen molar-refractivity contribution in [2.24, 2.45) is 10.9 Å². The topological polar surface area (TPSA) is 78.7 Å². The molecule has 8 heteroatoms. The lowest BCUT2D eigenvalue weighted by atomic mass is 10.1. The van der Waals surface area contributed by atoms with Crippen molar-refractivity contribution in [2.75, 3.05) is 26.2 Å². The molecule has 0 aliphatic carbocycles. The Morgan fingerprint density at radius 1 is 1.23 bits per heavy atom. The summed E-state index contributed by atoms with van der Waals surface area (Å²) in [6.45, 7) is 6.88. The molecule has 0 aliphatic rings. The molecule has 144 valence electrons. The van der Waals surface area contributed by atoms with Gasteiger partial charge in [-0.3, -0.25) is 9.79 Å². The van der Waals surface area contributed by atoms with Gasteiger partial charge in [-0.2, -0.15) is 0 Å². The number of guanidine groups is 1. The number of amides is 1. The summed E-state index contributed by atoms with van der Waals surface area (Å²) in [6.07, 6.45) is 2.53. The number of thiophene rings is 1. The summed E-state index contributed by atoms with van der Waals surface area (Å²) in [5.41, 5.74) is 0. The summed E-state index contributed by atoms with van der Waals surface area (Å²) < 4.78 is 5.05. The van der Waals surface area contributed by atoms with E-state index < -0.39 is 0 Å². The van der Waals surface area contributed by atoms with Gasteiger partial charge in [0.15, 0.2) is 11.7 Å². The third kappa shape index (κ3) is 8.22. The summed E-state index contributed by atoms with van der Waals surface area (Å²) in [5.74, 6) is 1.36. The van der Waals surface area contributed by atoms with Crippen LogP contribution in [0.15, 0.2) is 45.3 Å². The molecule has 0 fully saturated rings. The highest BCUT2D eigenvalue weighted by atomic mass is 127. The molecule has 2 aromatic rings. The number of hydrogen-bond donors (Lipinski definition) is 3. The molecule has 1 amide bonds. The molecule has 0 aromatic carbocycles. The SMILES string of the molecule is CCNC(=NCC(C)Cc1cccs1)NCCNC(=O)c1ccco1.I. The van der Waals surface area contributed by atoms with Crippen LogP contribution in [-0.2, 0) is 6.42 Å². The highest BCUT2D eigenvalue weighted by molar-refractivity contribution is 14.0. The fourth-order valence-electron chi connectivity index (χ4n) is 2.28. The van der Waals surface area contributed by atoms with Gasteiger partial charge >= 0.3 is 0 Å². The van der Waals surface area contributed by atoms with Crippen LogP contribution in [0.25, 0.3) is 0 Å². The molecule has 26 heavy (non-hydrogen) atoms. The molecule has 0 bridgehead atoms. The second-order valence-corrected chi connectivity index (χ2v) is 6.80. The third-order valence-electron chi connectivity index (χ3n) is 3.48. The number of nitrogens with one attached hydrogen (secondary N) is 3. The minimum absolute atomic E-state index is 0. The number of halogens is 1. The molecular formula is C18H27IN4O2S. The van der Waals surface area contributed by atoms with Gasteiger partial charge in [0.25, 0.3) is 5.91 Å². The van der Waals surface area contributed by atoms with Crippen LogP contribution in [-0.4, -0.2) is 38.0 Å². The van der Waals surface area contributed by atoms with E-state index in [-0.39, 0.29) is 29.9 Å². The smallest absolute Gasteiger partial charge is 0.287 e. The van der Waals surface area contributed by atoms with Crippen molar-refractivity contribution in [1.29, 1.82) is 0 Å². The molecule has 0 saturated carbocycles. The third-order valence-corrected chi connectivity index (χ3v) is 4.38. The summed E-state index contributed by atoms with van der Waals surface area (Å²) >= 11 is 1.79. The van der Waals surface area contributed by atoms with Crippen LogP contribution in [0.3, 0.4) is 0 Å². The molecule has 0 radical (unpaired) electrons. The Hall–Kier alpha value is -1.55. The maximum Gasteiger partial charge on any atom is 0.287 e. The second kappa shape index (κ2) is 12.7. The van der Waals surface area contributed by atoms with E-state index in [9.17, 15) is 4.79 Å².